The van der Waals surface area contributed by atoms with E-state index in [0.717, 1.165) is 0 Å². The molecular formula is C12H22O11. The minimum Gasteiger partial charge on any atom is -0.394 e. The number of ether oxygens (including phenoxy) is 3. The molecule has 11 heteroatoms. The van der Waals surface area contributed by atoms with Crippen LogP contribution < -0.4 is 0 Å². The summed E-state index contributed by atoms with van der Waals surface area (Å²) in [5, 5.41) is 76.7. The molecule has 23 heavy (non-hydrogen) atoms. The lowest BCUT2D eigenvalue weighted by Crippen LogP contribution is -2.64. The summed E-state index contributed by atoms with van der Waals surface area (Å²) in [4.78, 5) is 0. The zero-order valence-electron chi connectivity index (χ0n) is 12.0. The second-order valence-corrected chi connectivity index (χ2v) is 5.53. The van der Waals surface area contributed by atoms with Crippen molar-refractivity contribution in [3.05, 3.63) is 0 Å². The van der Waals surface area contributed by atoms with Crippen molar-refractivity contribution in [3.8, 4) is 0 Å². The van der Waals surface area contributed by atoms with Gasteiger partial charge in [-0.2, -0.15) is 0 Å². The summed E-state index contributed by atoms with van der Waals surface area (Å²) in [7, 11) is 0. The molecule has 0 spiro atoms. The highest BCUT2D eigenvalue weighted by molar-refractivity contribution is 4.93. The largest absolute Gasteiger partial charge is 0.394 e. The summed E-state index contributed by atoms with van der Waals surface area (Å²) in [5.74, 6) is 0. The van der Waals surface area contributed by atoms with Gasteiger partial charge < -0.3 is 55.1 Å². The van der Waals surface area contributed by atoms with Crippen LogP contribution in [0.4, 0.5) is 0 Å². The van der Waals surface area contributed by atoms with Gasteiger partial charge in [0, 0.05) is 0 Å². The lowest BCUT2D eigenvalue weighted by molar-refractivity contribution is -0.361. The average molecular weight is 342 g/mol. The molecule has 2 saturated heterocycles. The normalized spacial score (nSPS) is 51.7. The zero-order chi connectivity index (χ0) is 17.3. The zero-order valence-corrected chi connectivity index (χ0v) is 12.0. The second kappa shape index (κ2) is 7.63. The highest BCUT2D eigenvalue weighted by Crippen LogP contribution is 2.28. The Bertz CT molecular complexity index is 380. The summed E-state index contributed by atoms with van der Waals surface area (Å²) < 4.78 is 15.1. The summed E-state index contributed by atoms with van der Waals surface area (Å²) >= 11 is 0. The SMILES string of the molecule is OC[C@@H]1O[C@@H](O)[C@H](O[C@H]2O[C@@H](CO)[C@@H](O)[C@@H](O)[C@@H]2O)[C@@H](O)[C@H]1O. The predicted octanol–water partition coefficient (Wildman–Crippen LogP) is -5.40. The molecule has 0 saturated carbocycles. The molecule has 2 rings (SSSR count). The summed E-state index contributed by atoms with van der Waals surface area (Å²) in [6, 6.07) is 0. The van der Waals surface area contributed by atoms with Crippen LogP contribution in [0.3, 0.4) is 0 Å². The molecule has 0 unspecified atom stereocenters. The standard InChI is InChI=1S/C12H22O11/c13-1-3-6(16)8(18)10(11(20)21-3)23-12-9(19)7(17)5(15)4(2-14)22-12/h3-20H,1-2H2/t3-,4-,5+,6-,7+,8-,9-,10+,11+,12+/m0/s1. The van der Waals surface area contributed by atoms with Crippen molar-refractivity contribution in [2.24, 2.45) is 0 Å². The summed E-state index contributed by atoms with van der Waals surface area (Å²) in [6.07, 6.45) is -15.6. The van der Waals surface area contributed by atoms with E-state index in [1.54, 1.807) is 0 Å². The molecule has 11 nitrogen and oxygen atoms in total. The Morgan fingerprint density at radius 2 is 1.17 bits per heavy atom. The molecular weight excluding hydrogens is 320 g/mol. The van der Waals surface area contributed by atoms with E-state index in [1.807, 2.05) is 0 Å². The summed E-state index contributed by atoms with van der Waals surface area (Å²) in [5.41, 5.74) is 0. The van der Waals surface area contributed by atoms with Gasteiger partial charge in [-0.25, -0.2) is 0 Å². The Balaban J connectivity index is 2.08. The van der Waals surface area contributed by atoms with Crippen LogP contribution in [0.2, 0.25) is 0 Å². The lowest BCUT2D eigenvalue weighted by atomic mass is 9.97. The quantitative estimate of drug-likeness (QED) is 0.243. The van der Waals surface area contributed by atoms with Gasteiger partial charge in [-0.3, -0.25) is 0 Å². The van der Waals surface area contributed by atoms with Crippen LogP contribution in [0.1, 0.15) is 0 Å². The number of aliphatic hydroxyl groups excluding tert-OH is 8. The van der Waals surface area contributed by atoms with Crippen LogP contribution in [0, 0.1) is 0 Å². The number of hydrogen-bond donors (Lipinski definition) is 8. The van der Waals surface area contributed by atoms with E-state index >= 15 is 0 Å². The Labute approximate surface area is 130 Å². The fourth-order valence-corrected chi connectivity index (χ4v) is 2.55. The van der Waals surface area contributed by atoms with Crippen LogP contribution in [-0.2, 0) is 14.2 Å². The third-order valence-electron chi connectivity index (χ3n) is 3.98. The average Bonchev–Trinajstić information content (AvgIpc) is 2.54. The molecule has 2 aliphatic rings. The van der Waals surface area contributed by atoms with Crippen LogP contribution in [0.25, 0.3) is 0 Å². The van der Waals surface area contributed by atoms with E-state index in [0.29, 0.717) is 0 Å². The van der Waals surface area contributed by atoms with E-state index in [-0.39, 0.29) is 0 Å². The first-order valence-corrected chi connectivity index (χ1v) is 7.08. The smallest absolute Gasteiger partial charge is 0.187 e. The fraction of sp³-hybridized carbons (Fsp3) is 1.00. The van der Waals surface area contributed by atoms with Crippen LogP contribution >= 0.6 is 0 Å². The Hall–Kier alpha value is -0.440. The molecule has 0 aromatic rings. The maximum Gasteiger partial charge on any atom is 0.187 e. The van der Waals surface area contributed by atoms with Gasteiger partial charge in [-0.1, -0.05) is 0 Å². The van der Waals surface area contributed by atoms with Gasteiger partial charge in [0.2, 0.25) is 0 Å². The Morgan fingerprint density at radius 3 is 1.74 bits per heavy atom. The third-order valence-corrected chi connectivity index (χ3v) is 3.98. The molecule has 0 aliphatic carbocycles. The molecule has 2 aliphatic heterocycles. The molecule has 8 N–H and O–H groups in total. The number of rotatable bonds is 4. The van der Waals surface area contributed by atoms with Crippen molar-refractivity contribution in [1.82, 2.24) is 0 Å². The molecule has 136 valence electrons. The molecule has 2 heterocycles. The van der Waals surface area contributed by atoms with Crippen molar-refractivity contribution in [2.45, 2.75) is 61.4 Å². The maximum atomic E-state index is 9.94. The lowest BCUT2D eigenvalue weighted by Gasteiger charge is -2.44. The topological polar surface area (TPSA) is 190 Å². The first-order valence-electron chi connectivity index (χ1n) is 7.08. The molecule has 0 aromatic heterocycles. The summed E-state index contributed by atoms with van der Waals surface area (Å²) in [6.45, 7) is -1.33. The number of hydrogen-bond acceptors (Lipinski definition) is 11. The maximum absolute atomic E-state index is 9.94. The van der Waals surface area contributed by atoms with Gasteiger partial charge in [0.05, 0.1) is 13.2 Å². The van der Waals surface area contributed by atoms with Gasteiger partial charge in [0.25, 0.3) is 0 Å². The Morgan fingerprint density at radius 1 is 0.652 bits per heavy atom. The molecule has 0 amide bonds. The second-order valence-electron chi connectivity index (χ2n) is 5.53. The van der Waals surface area contributed by atoms with Crippen molar-refractivity contribution in [2.75, 3.05) is 13.2 Å². The molecule has 2 fully saturated rings. The van der Waals surface area contributed by atoms with Gasteiger partial charge in [-0.05, 0) is 0 Å². The highest BCUT2D eigenvalue weighted by atomic mass is 16.7. The van der Waals surface area contributed by atoms with Gasteiger partial charge >= 0.3 is 0 Å². The van der Waals surface area contributed by atoms with Crippen LogP contribution in [0.15, 0.2) is 0 Å². The van der Waals surface area contributed by atoms with Crippen molar-refractivity contribution < 1.29 is 55.1 Å². The van der Waals surface area contributed by atoms with Gasteiger partial charge in [0.1, 0.15) is 48.8 Å². The third kappa shape index (κ3) is 3.65. The first kappa shape index (κ1) is 18.9. The highest BCUT2D eigenvalue weighted by Gasteiger charge is 2.50. The van der Waals surface area contributed by atoms with Crippen LogP contribution in [-0.4, -0.2) is 115 Å². The van der Waals surface area contributed by atoms with Gasteiger partial charge in [0.15, 0.2) is 12.6 Å². The molecule has 0 aromatic carbocycles. The van der Waals surface area contributed by atoms with E-state index in [9.17, 15) is 30.6 Å². The van der Waals surface area contributed by atoms with E-state index < -0.39 is 74.6 Å². The number of aliphatic hydroxyl groups is 8. The Kier molecular flexibility index (Phi) is 6.27. The minimum absolute atomic E-state index is 0.651. The predicted molar refractivity (Wildman–Crippen MR) is 68.6 cm³/mol. The minimum atomic E-state index is -1.75. The monoisotopic (exact) mass is 342 g/mol. The van der Waals surface area contributed by atoms with E-state index in [4.69, 9.17) is 24.4 Å². The molecule has 10 atom stereocenters. The molecule has 0 radical (unpaired) electrons. The van der Waals surface area contributed by atoms with Crippen LogP contribution in [0.5, 0.6) is 0 Å². The van der Waals surface area contributed by atoms with Gasteiger partial charge in [-0.15, -0.1) is 0 Å². The van der Waals surface area contributed by atoms with Crippen molar-refractivity contribution in [3.63, 3.8) is 0 Å². The van der Waals surface area contributed by atoms with Crippen molar-refractivity contribution >= 4 is 0 Å². The van der Waals surface area contributed by atoms with E-state index in [1.165, 1.54) is 0 Å². The molecule has 0 bridgehead atoms. The first-order chi connectivity index (χ1) is 10.8. The van der Waals surface area contributed by atoms with E-state index in [2.05, 4.69) is 0 Å². The van der Waals surface area contributed by atoms with Crippen molar-refractivity contribution in [1.29, 1.82) is 0 Å². The fourth-order valence-electron chi connectivity index (χ4n) is 2.55.